The highest BCUT2D eigenvalue weighted by molar-refractivity contribution is 5.35. The van der Waals surface area contributed by atoms with E-state index in [0.717, 1.165) is 31.7 Å². The monoisotopic (exact) mass is 266 g/mol. The summed E-state index contributed by atoms with van der Waals surface area (Å²) in [5.41, 5.74) is 1.26. The summed E-state index contributed by atoms with van der Waals surface area (Å²) in [6.07, 6.45) is 3.34. The second-order valence-electron chi connectivity index (χ2n) is 6.99. The van der Waals surface area contributed by atoms with E-state index in [0.29, 0.717) is 5.92 Å². The molecule has 0 spiro atoms. The van der Waals surface area contributed by atoms with Crippen LogP contribution in [0.3, 0.4) is 0 Å². The van der Waals surface area contributed by atoms with Crippen molar-refractivity contribution < 1.29 is 8.78 Å². The topological polar surface area (TPSA) is 0 Å². The molecule has 0 N–H and O–H groups in total. The Morgan fingerprint density at radius 1 is 1.00 bits per heavy atom. The van der Waals surface area contributed by atoms with Crippen LogP contribution in [-0.2, 0) is 5.92 Å². The maximum Gasteiger partial charge on any atom is 0.270 e. The van der Waals surface area contributed by atoms with Crippen LogP contribution in [0.5, 0.6) is 0 Å². The lowest BCUT2D eigenvalue weighted by molar-refractivity contribution is 0.0156. The van der Waals surface area contributed by atoms with Crippen LogP contribution in [0, 0.1) is 11.3 Å². The average molecular weight is 266 g/mol. The molecule has 2 heteroatoms. The van der Waals surface area contributed by atoms with Gasteiger partial charge >= 0.3 is 0 Å². The zero-order chi connectivity index (χ0) is 14.3. The van der Waals surface area contributed by atoms with Crippen LogP contribution in [0.4, 0.5) is 8.78 Å². The van der Waals surface area contributed by atoms with Crippen molar-refractivity contribution in [2.75, 3.05) is 0 Å². The summed E-state index contributed by atoms with van der Waals surface area (Å²) in [5, 5.41) is 0. The smallest absolute Gasteiger partial charge is 0.202 e. The minimum atomic E-state index is -2.75. The van der Waals surface area contributed by atoms with Gasteiger partial charge < -0.3 is 0 Å². The number of halogens is 2. The van der Waals surface area contributed by atoms with Crippen molar-refractivity contribution in [3.8, 4) is 0 Å². The molecule has 0 aromatic heterocycles. The molecular weight excluding hydrogens is 242 g/mol. The number of benzene rings is 1. The zero-order valence-corrected chi connectivity index (χ0v) is 12.3. The van der Waals surface area contributed by atoms with Gasteiger partial charge in [0.15, 0.2) is 0 Å². The molecular formula is C17H24F2. The molecule has 1 aliphatic rings. The van der Waals surface area contributed by atoms with E-state index >= 15 is 0 Å². The van der Waals surface area contributed by atoms with Gasteiger partial charge in [-0.3, -0.25) is 0 Å². The Balaban J connectivity index is 2.42. The van der Waals surface area contributed by atoms with Gasteiger partial charge in [-0.25, -0.2) is 8.78 Å². The Kier molecular flexibility index (Phi) is 3.72. The molecule has 1 aromatic carbocycles. The molecule has 2 atom stereocenters. The number of hydrogen-bond acceptors (Lipinski definition) is 0. The minimum absolute atomic E-state index is 0.178. The van der Waals surface area contributed by atoms with Gasteiger partial charge in [0.05, 0.1) is 0 Å². The van der Waals surface area contributed by atoms with Crippen LogP contribution in [-0.4, -0.2) is 0 Å². The van der Waals surface area contributed by atoms with Gasteiger partial charge in [0, 0.05) is 12.5 Å². The zero-order valence-electron chi connectivity index (χ0n) is 12.3. The molecule has 106 valence electrons. The van der Waals surface area contributed by atoms with E-state index in [1.54, 1.807) is 12.1 Å². The number of rotatable bonds is 2. The van der Waals surface area contributed by atoms with Crippen LogP contribution in [0.1, 0.15) is 64.0 Å². The summed E-state index contributed by atoms with van der Waals surface area (Å²) in [4.78, 5) is 0. The van der Waals surface area contributed by atoms with E-state index < -0.39 is 5.92 Å². The summed E-state index contributed by atoms with van der Waals surface area (Å²) < 4.78 is 27.6. The first-order valence-electron chi connectivity index (χ1n) is 7.18. The molecule has 1 aliphatic carbocycles. The maximum atomic E-state index is 13.8. The standard InChI is InChI=1S/C17H24F2/c1-16(2,3)14-11-7-9-12(14)13-8-5-6-10-15(13)17(4,18)19/h5-6,8,10,12,14H,7,9,11H2,1-4H3. The highest BCUT2D eigenvalue weighted by Crippen LogP contribution is 2.50. The van der Waals surface area contributed by atoms with Crippen molar-refractivity contribution in [2.45, 2.75) is 58.8 Å². The van der Waals surface area contributed by atoms with Crippen molar-refractivity contribution in [1.29, 1.82) is 0 Å². The summed E-state index contributed by atoms with van der Waals surface area (Å²) >= 11 is 0. The Morgan fingerprint density at radius 3 is 2.21 bits per heavy atom. The molecule has 1 fully saturated rings. The van der Waals surface area contributed by atoms with Crippen LogP contribution < -0.4 is 0 Å². The third-order valence-corrected chi connectivity index (χ3v) is 4.46. The lowest BCUT2D eigenvalue weighted by Crippen LogP contribution is -2.24. The van der Waals surface area contributed by atoms with E-state index in [1.165, 1.54) is 0 Å². The van der Waals surface area contributed by atoms with Gasteiger partial charge in [-0.1, -0.05) is 51.5 Å². The molecule has 1 aromatic rings. The van der Waals surface area contributed by atoms with Crippen molar-refractivity contribution in [3.63, 3.8) is 0 Å². The highest BCUT2D eigenvalue weighted by atomic mass is 19.3. The quantitative estimate of drug-likeness (QED) is 0.641. The predicted molar refractivity (Wildman–Crippen MR) is 75.5 cm³/mol. The fourth-order valence-corrected chi connectivity index (χ4v) is 3.59. The molecule has 0 aliphatic heterocycles. The maximum absolute atomic E-state index is 13.8. The minimum Gasteiger partial charge on any atom is -0.202 e. The van der Waals surface area contributed by atoms with Gasteiger partial charge in [0.25, 0.3) is 5.92 Å². The fourth-order valence-electron chi connectivity index (χ4n) is 3.59. The lowest BCUT2D eigenvalue weighted by atomic mass is 9.71. The first-order chi connectivity index (χ1) is 8.71. The van der Waals surface area contributed by atoms with Crippen LogP contribution in [0.15, 0.2) is 24.3 Å². The SMILES string of the molecule is CC(F)(F)c1ccccc1C1CCCC1C(C)(C)C. The van der Waals surface area contributed by atoms with Crippen molar-refractivity contribution in [1.82, 2.24) is 0 Å². The fraction of sp³-hybridized carbons (Fsp3) is 0.647. The molecule has 1 saturated carbocycles. The van der Waals surface area contributed by atoms with Crippen molar-refractivity contribution >= 4 is 0 Å². The molecule has 0 heterocycles. The average Bonchev–Trinajstić information content (AvgIpc) is 2.76. The van der Waals surface area contributed by atoms with Crippen molar-refractivity contribution in [3.05, 3.63) is 35.4 Å². The lowest BCUT2D eigenvalue weighted by Gasteiger charge is -2.34. The molecule has 0 saturated heterocycles. The third kappa shape index (κ3) is 2.98. The Labute approximate surface area is 115 Å². The van der Waals surface area contributed by atoms with E-state index in [4.69, 9.17) is 0 Å². The first-order valence-corrected chi connectivity index (χ1v) is 7.18. The molecule has 2 rings (SSSR count). The summed E-state index contributed by atoms with van der Waals surface area (Å²) in [6, 6.07) is 7.11. The number of alkyl halides is 2. The summed E-state index contributed by atoms with van der Waals surface area (Å²) in [6.45, 7) is 7.68. The van der Waals surface area contributed by atoms with Crippen LogP contribution in [0.2, 0.25) is 0 Å². The van der Waals surface area contributed by atoms with E-state index in [1.807, 2.05) is 12.1 Å². The molecule has 0 bridgehead atoms. The molecule has 0 amide bonds. The van der Waals surface area contributed by atoms with Crippen LogP contribution in [0.25, 0.3) is 0 Å². The first kappa shape index (κ1) is 14.5. The Hall–Kier alpha value is -0.920. The van der Waals surface area contributed by atoms with Gasteiger partial charge in [0.1, 0.15) is 0 Å². The normalized spacial score (nSPS) is 24.7. The van der Waals surface area contributed by atoms with Crippen LogP contribution >= 0.6 is 0 Å². The summed E-state index contributed by atoms with van der Waals surface area (Å²) in [7, 11) is 0. The predicted octanol–water partition coefficient (Wildman–Crippen LogP) is 5.73. The third-order valence-electron chi connectivity index (χ3n) is 4.46. The van der Waals surface area contributed by atoms with Gasteiger partial charge in [-0.2, -0.15) is 0 Å². The second-order valence-corrected chi connectivity index (χ2v) is 6.99. The number of hydrogen-bond donors (Lipinski definition) is 0. The van der Waals surface area contributed by atoms with E-state index in [2.05, 4.69) is 20.8 Å². The van der Waals surface area contributed by atoms with E-state index in [9.17, 15) is 8.78 Å². The van der Waals surface area contributed by atoms with Crippen molar-refractivity contribution in [2.24, 2.45) is 11.3 Å². The largest absolute Gasteiger partial charge is 0.270 e. The van der Waals surface area contributed by atoms with Gasteiger partial charge in [0.2, 0.25) is 0 Å². The van der Waals surface area contributed by atoms with Gasteiger partial charge in [-0.15, -0.1) is 0 Å². The molecule has 0 nitrogen and oxygen atoms in total. The highest BCUT2D eigenvalue weighted by Gasteiger charge is 2.39. The van der Waals surface area contributed by atoms with E-state index in [-0.39, 0.29) is 16.9 Å². The Morgan fingerprint density at radius 2 is 1.63 bits per heavy atom. The molecule has 0 radical (unpaired) electrons. The second kappa shape index (κ2) is 4.88. The van der Waals surface area contributed by atoms with Gasteiger partial charge in [-0.05, 0) is 35.7 Å². The Bertz CT molecular complexity index is 437. The summed E-state index contributed by atoms with van der Waals surface area (Å²) in [5.74, 6) is -1.97. The molecule has 2 unspecified atom stereocenters. The molecule has 19 heavy (non-hydrogen) atoms.